The average Bonchev–Trinajstić information content (AvgIpc) is 3.66. The Kier molecular flexibility index (Phi) is 6.88. The summed E-state index contributed by atoms with van der Waals surface area (Å²) >= 11 is 0. The van der Waals surface area contributed by atoms with Gasteiger partial charge < -0.3 is 14.2 Å². The molecule has 0 bridgehead atoms. The standard InChI is InChI=1S/C36H15B8NO2/c37-27-25(17-9-5-13-21-23(17)15-7-1-3-11-19(15)46-21)28(38)32(42)35(31(27)41)45-36-33(43)29(39)26(30(40)34(36)44)18-10-6-14-22-24(18)16-8-2-4-12-20(16)47-22/h1-14,45H. The van der Waals surface area contributed by atoms with Crippen LogP contribution in [0.25, 0.3) is 66.1 Å². The lowest BCUT2D eigenvalue weighted by molar-refractivity contribution is 0.668. The van der Waals surface area contributed by atoms with Gasteiger partial charge in [0.1, 0.15) is 85.1 Å². The lowest BCUT2D eigenvalue weighted by atomic mass is 9.63. The lowest BCUT2D eigenvalue weighted by Crippen LogP contribution is -2.48. The van der Waals surface area contributed by atoms with E-state index in [1.807, 2.05) is 84.9 Å². The molecule has 3 nitrogen and oxygen atoms in total. The normalized spacial score (nSPS) is 11.7. The zero-order valence-corrected chi connectivity index (χ0v) is 25.0. The molecule has 200 valence electrons. The van der Waals surface area contributed by atoms with Crippen LogP contribution in [-0.4, -0.2) is 62.8 Å². The van der Waals surface area contributed by atoms with E-state index in [9.17, 15) is 0 Å². The quantitative estimate of drug-likeness (QED) is 0.315. The third kappa shape index (κ3) is 4.32. The molecule has 11 heteroatoms. The van der Waals surface area contributed by atoms with Gasteiger partial charge in [-0.3, -0.25) is 0 Å². The minimum absolute atomic E-state index is 0.145. The highest BCUT2D eigenvalue weighted by Crippen LogP contribution is 2.36. The van der Waals surface area contributed by atoms with E-state index < -0.39 is 0 Å². The van der Waals surface area contributed by atoms with Gasteiger partial charge in [-0.15, -0.1) is 0 Å². The predicted octanol–water partition coefficient (Wildman–Crippen LogP) is 0.913. The predicted molar refractivity (Wildman–Crippen MR) is 205 cm³/mol. The van der Waals surface area contributed by atoms with Crippen molar-refractivity contribution < 1.29 is 8.83 Å². The van der Waals surface area contributed by atoms with E-state index in [0.29, 0.717) is 22.3 Å². The molecule has 47 heavy (non-hydrogen) atoms. The fraction of sp³-hybridized carbons (Fsp3) is 0. The molecule has 0 amide bonds. The first-order chi connectivity index (χ1) is 22.7. The number of benzene rings is 6. The van der Waals surface area contributed by atoms with Crippen LogP contribution in [0.1, 0.15) is 0 Å². The monoisotopic (exact) mass is 581 g/mol. The molecule has 2 heterocycles. The molecule has 0 spiro atoms. The summed E-state index contributed by atoms with van der Waals surface area (Å²) in [6, 6.07) is 26.7. The van der Waals surface area contributed by atoms with Crippen LogP contribution in [-0.2, 0) is 0 Å². The van der Waals surface area contributed by atoms with Gasteiger partial charge in [-0.05, 0) is 46.5 Å². The Hall–Kier alpha value is -4.76. The number of para-hydroxylation sites is 2. The van der Waals surface area contributed by atoms with Gasteiger partial charge in [-0.2, -0.15) is 0 Å². The van der Waals surface area contributed by atoms with Gasteiger partial charge in [0.25, 0.3) is 0 Å². The summed E-state index contributed by atoms with van der Waals surface area (Å²) in [7, 11) is 53.5. The highest BCUT2D eigenvalue weighted by atomic mass is 16.3. The fourth-order valence-electron chi connectivity index (χ4n) is 6.60. The Bertz CT molecular complexity index is 2370. The molecule has 0 aliphatic rings. The second-order valence-electron chi connectivity index (χ2n) is 11.5. The maximum Gasteiger partial charge on any atom is 0.136 e. The Labute approximate surface area is 282 Å². The molecule has 0 aliphatic carbocycles. The van der Waals surface area contributed by atoms with Gasteiger partial charge in [0.15, 0.2) is 0 Å². The van der Waals surface area contributed by atoms with Crippen molar-refractivity contribution in [3.05, 3.63) is 84.9 Å². The minimum atomic E-state index is 0.145. The van der Waals surface area contributed by atoms with Crippen LogP contribution in [0.5, 0.6) is 0 Å². The molecule has 0 fully saturated rings. The van der Waals surface area contributed by atoms with Crippen molar-refractivity contribution in [3.63, 3.8) is 0 Å². The third-order valence-corrected chi connectivity index (χ3v) is 8.91. The summed E-state index contributed by atoms with van der Waals surface area (Å²) < 4.78 is 12.1. The van der Waals surface area contributed by atoms with Crippen molar-refractivity contribution in [2.75, 3.05) is 5.32 Å². The molecule has 0 aliphatic heterocycles. The second kappa shape index (κ2) is 10.9. The van der Waals surface area contributed by atoms with Gasteiger partial charge in [0.2, 0.25) is 0 Å². The number of nitrogens with one attached hydrogen (secondary N) is 1. The van der Waals surface area contributed by atoms with Crippen LogP contribution in [0.15, 0.2) is 93.8 Å². The summed E-state index contributed by atoms with van der Waals surface area (Å²) in [4.78, 5) is 0. The Balaban J connectivity index is 1.28. The summed E-state index contributed by atoms with van der Waals surface area (Å²) in [5.74, 6) is 0. The molecule has 6 aromatic carbocycles. The summed E-state index contributed by atoms with van der Waals surface area (Å²) in [6.45, 7) is 0. The van der Waals surface area contributed by atoms with Crippen molar-refractivity contribution >= 4 is 162 Å². The van der Waals surface area contributed by atoms with Crippen LogP contribution < -0.4 is 49.0 Å². The van der Waals surface area contributed by atoms with Crippen molar-refractivity contribution in [1.29, 1.82) is 0 Å². The van der Waals surface area contributed by atoms with Crippen LogP contribution >= 0.6 is 0 Å². The molecule has 0 unspecified atom stereocenters. The SMILES string of the molecule is [B]c1c([B])c(-c2cccc3oc4ccccc4c23)c([B])c([B])c1Nc1c([B])c([B])c(-c2cccc3oc4ccccc4c23)c([B])c1[B]. The van der Waals surface area contributed by atoms with Crippen LogP contribution in [0.2, 0.25) is 0 Å². The minimum Gasteiger partial charge on any atom is -0.456 e. The van der Waals surface area contributed by atoms with Gasteiger partial charge in [-0.1, -0.05) is 104 Å². The molecule has 8 rings (SSSR count). The molecule has 0 saturated carbocycles. The van der Waals surface area contributed by atoms with E-state index >= 15 is 0 Å². The molecule has 0 saturated heterocycles. The van der Waals surface area contributed by atoms with E-state index in [4.69, 9.17) is 71.6 Å². The highest BCUT2D eigenvalue weighted by molar-refractivity contribution is 6.65. The first-order valence-electron chi connectivity index (χ1n) is 14.8. The van der Waals surface area contributed by atoms with Crippen molar-refractivity contribution in [2.45, 2.75) is 0 Å². The van der Waals surface area contributed by atoms with Gasteiger partial charge in [0.05, 0.1) is 0 Å². The van der Waals surface area contributed by atoms with Gasteiger partial charge in [0, 0.05) is 32.9 Å². The number of rotatable bonds is 4. The maximum atomic E-state index is 6.71. The number of anilines is 2. The fourth-order valence-corrected chi connectivity index (χ4v) is 6.60. The lowest BCUT2D eigenvalue weighted by Gasteiger charge is -2.28. The van der Waals surface area contributed by atoms with E-state index in [1.54, 1.807) is 0 Å². The van der Waals surface area contributed by atoms with E-state index in [2.05, 4.69) is 5.32 Å². The molecular weight excluding hydrogens is 565 g/mol. The Morgan fingerprint density at radius 3 is 1.09 bits per heavy atom. The number of furan rings is 2. The zero-order chi connectivity index (χ0) is 32.7. The first kappa shape index (κ1) is 29.6. The second-order valence-corrected chi connectivity index (χ2v) is 11.5. The largest absolute Gasteiger partial charge is 0.456 e. The number of hydrogen-bond donors (Lipinski definition) is 1. The summed E-state index contributed by atoms with van der Waals surface area (Å²) in [6.07, 6.45) is 0. The van der Waals surface area contributed by atoms with Crippen LogP contribution in [0.4, 0.5) is 11.4 Å². The molecule has 8 aromatic rings. The Morgan fingerprint density at radius 2 is 0.702 bits per heavy atom. The Morgan fingerprint density at radius 1 is 0.362 bits per heavy atom. The van der Waals surface area contributed by atoms with Gasteiger partial charge in [-0.25, -0.2) is 0 Å². The summed E-state index contributed by atoms with van der Waals surface area (Å²) in [5.41, 5.74) is 7.11. The molecule has 16 radical (unpaired) electrons. The van der Waals surface area contributed by atoms with Crippen LogP contribution in [0.3, 0.4) is 0 Å². The average molecular weight is 580 g/mol. The van der Waals surface area contributed by atoms with Gasteiger partial charge >= 0.3 is 0 Å². The molecular formula is C36H15B8NO2. The van der Waals surface area contributed by atoms with E-state index in [1.165, 1.54) is 0 Å². The zero-order valence-electron chi connectivity index (χ0n) is 25.0. The van der Waals surface area contributed by atoms with Crippen molar-refractivity contribution in [2.24, 2.45) is 0 Å². The maximum absolute atomic E-state index is 6.71. The number of hydrogen-bond acceptors (Lipinski definition) is 3. The van der Waals surface area contributed by atoms with Crippen molar-refractivity contribution in [1.82, 2.24) is 0 Å². The van der Waals surface area contributed by atoms with E-state index in [-0.39, 0.29) is 55.1 Å². The van der Waals surface area contributed by atoms with E-state index in [0.717, 1.165) is 43.8 Å². The summed E-state index contributed by atoms with van der Waals surface area (Å²) in [5, 5.41) is 6.65. The number of fused-ring (bicyclic) bond motifs is 6. The molecule has 0 atom stereocenters. The third-order valence-electron chi connectivity index (χ3n) is 8.91. The molecule has 1 N–H and O–H groups in total. The molecule has 2 aromatic heterocycles. The topological polar surface area (TPSA) is 38.3 Å². The highest BCUT2D eigenvalue weighted by Gasteiger charge is 2.22. The first-order valence-corrected chi connectivity index (χ1v) is 14.8. The van der Waals surface area contributed by atoms with Crippen molar-refractivity contribution in [3.8, 4) is 22.3 Å². The van der Waals surface area contributed by atoms with Crippen LogP contribution in [0, 0.1) is 0 Å². The smallest absolute Gasteiger partial charge is 0.136 e.